The molecule has 6 heteroatoms. The van der Waals surface area contributed by atoms with E-state index >= 15 is 0 Å². The molecule has 0 aliphatic carbocycles. The standard InChI is InChI=1S/C9H15Cl4NO/c10-4-8(5-11)2-1-3-9(6-12,7-13)14(8)15/h15H,1-7H2. The van der Waals surface area contributed by atoms with Crippen molar-refractivity contribution >= 4 is 46.4 Å². The molecule has 1 aliphatic heterocycles. The summed E-state index contributed by atoms with van der Waals surface area (Å²) in [7, 11) is 0. The minimum absolute atomic E-state index is 0.280. The van der Waals surface area contributed by atoms with Gasteiger partial charge in [0.15, 0.2) is 0 Å². The van der Waals surface area contributed by atoms with Crippen LogP contribution in [0, 0.1) is 0 Å². The predicted octanol–water partition coefficient (Wildman–Crippen LogP) is 3.29. The van der Waals surface area contributed by atoms with E-state index in [4.69, 9.17) is 46.4 Å². The Bertz CT molecular complexity index is 186. The highest BCUT2D eigenvalue weighted by Crippen LogP contribution is 2.40. The molecule has 1 N–H and O–H groups in total. The van der Waals surface area contributed by atoms with Gasteiger partial charge < -0.3 is 5.21 Å². The second-order valence-corrected chi connectivity index (χ2v) is 5.22. The summed E-state index contributed by atoms with van der Waals surface area (Å²) in [4.78, 5) is 0. The van der Waals surface area contributed by atoms with Crippen LogP contribution in [0.25, 0.3) is 0 Å². The monoisotopic (exact) mass is 293 g/mol. The van der Waals surface area contributed by atoms with Crippen LogP contribution in [0.3, 0.4) is 0 Å². The van der Waals surface area contributed by atoms with Gasteiger partial charge in [0.2, 0.25) is 0 Å². The Labute approximate surface area is 110 Å². The molecule has 0 atom stereocenters. The third-order valence-corrected chi connectivity index (χ3v) is 5.17. The highest BCUT2D eigenvalue weighted by Gasteiger charge is 2.50. The lowest BCUT2D eigenvalue weighted by Crippen LogP contribution is -2.66. The minimum atomic E-state index is -0.592. The van der Waals surface area contributed by atoms with Gasteiger partial charge in [0.25, 0.3) is 0 Å². The van der Waals surface area contributed by atoms with E-state index in [1.54, 1.807) is 0 Å². The molecular formula is C9H15Cl4NO. The van der Waals surface area contributed by atoms with Crippen LogP contribution in [0.2, 0.25) is 0 Å². The normalized spacial score (nSPS) is 25.4. The smallest absolute Gasteiger partial charge is 0.0737 e. The molecule has 15 heavy (non-hydrogen) atoms. The molecule has 0 aromatic rings. The summed E-state index contributed by atoms with van der Waals surface area (Å²) in [5, 5.41) is 11.4. The van der Waals surface area contributed by atoms with Gasteiger partial charge >= 0.3 is 0 Å². The van der Waals surface area contributed by atoms with Crippen LogP contribution in [0.4, 0.5) is 0 Å². The fourth-order valence-corrected chi connectivity index (χ4v) is 3.59. The summed E-state index contributed by atoms with van der Waals surface area (Å²) >= 11 is 23.6. The van der Waals surface area contributed by atoms with Gasteiger partial charge in [-0.1, -0.05) is 0 Å². The van der Waals surface area contributed by atoms with Crippen LogP contribution in [0.15, 0.2) is 0 Å². The molecule has 1 rings (SSSR count). The SMILES string of the molecule is ON1C(CCl)(CCl)CCCC1(CCl)CCl. The highest BCUT2D eigenvalue weighted by molar-refractivity contribution is 6.23. The summed E-state index contributed by atoms with van der Waals surface area (Å²) < 4.78 is 0. The molecule has 90 valence electrons. The second-order valence-electron chi connectivity index (χ2n) is 4.15. The van der Waals surface area contributed by atoms with Crippen LogP contribution in [0.1, 0.15) is 19.3 Å². The molecule has 0 bridgehead atoms. The van der Waals surface area contributed by atoms with Crippen LogP contribution < -0.4 is 0 Å². The zero-order chi connectivity index (χ0) is 11.5. The molecule has 0 aromatic carbocycles. The Balaban J connectivity index is 2.95. The van der Waals surface area contributed by atoms with Crippen LogP contribution in [-0.2, 0) is 0 Å². The van der Waals surface area contributed by atoms with Crippen molar-refractivity contribution in [3.8, 4) is 0 Å². The molecule has 0 saturated carbocycles. The predicted molar refractivity (Wildman–Crippen MR) is 65.8 cm³/mol. The molecule has 0 aromatic heterocycles. The highest BCUT2D eigenvalue weighted by atomic mass is 35.5. The van der Waals surface area contributed by atoms with Crippen LogP contribution in [0.5, 0.6) is 0 Å². The van der Waals surface area contributed by atoms with Crippen molar-refractivity contribution in [3.63, 3.8) is 0 Å². The molecule has 1 heterocycles. The second kappa shape index (κ2) is 5.61. The summed E-state index contributed by atoms with van der Waals surface area (Å²) in [6.45, 7) is 0. The first-order valence-corrected chi connectivity index (χ1v) is 6.98. The van der Waals surface area contributed by atoms with Crippen molar-refractivity contribution in [2.75, 3.05) is 23.5 Å². The van der Waals surface area contributed by atoms with E-state index in [1.165, 1.54) is 5.06 Å². The van der Waals surface area contributed by atoms with Gasteiger partial charge in [-0.15, -0.1) is 46.4 Å². The number of alkyl halides is 4. The van der Waals surface area contributed by atoms with Gasteiger partial charge in [0, 0.05) is 23.5 Å². The Hall–Kier alpha value is 1.08. The van der Waals surface area contributed by atoms with Crippen molar-refractivity contribution < 1.29 is 5.21 Å². The van der Waals surface area contributed by atoms with E-state index in [0.717, 1.165) is 19.3 Å². The van der Waals surface area contributed by atoms with Gasteiger partial charge in [-0.2, -0.15) is 5.06 Å². The van der Waals surface area contributed by atoms with E-state index < -0.39 is 11.1 Å². The number of halogens is 4. The third-order valence-electron chi connectivity index (χ3n) is 3.18. The van der Waals surface area contributed by atoms with Crippen molar-refractivity contribution in [1.82, 2.24) is 5.06 Å². The van der Waals surface area contributed by atoms with Crippen molar-refractivity contribution in [3.05, 3.63) is 0 Å². The lowest BCUT2D eigenvalue weighted by atomic mass is 9.81. The molecule has 0 spiro atoms. The summed E-state index contributed by atoms with van der Waals surface area (Å²) in [5.41, 5.74) is -1.18. The number of rotatable bonds is 4. The first kappa shape index (κ1) is 14.1. The summed E-state index contributed by atoms with van der Waals surface area (Å²) in [5.74, 6) is 1.12. The topological polar surface area (TPSA) is 23.5 Å². The fraction of sp³-hybridized carbons (Fsp3) is 1.00. The Morgan fingerprint density at radius 3 is 1.47 bits per heavy atom. The molecule has 0 unspecified atom stereocenters. The lowest BCUT2D eigenvalue weighted by Gasteiger charge is -2.51. The quantitative estimate of drug-likeness (QED) is 0.804. The molecular weight excluding hydrogens is 280 g/mol. The molecule has 0 radical (unpaired) electrons. The first-order valence-electron chi connectivity index (χ1n) is 4.84. The van der Waals surface area contributed by atoms with E-state index in [9.17, 15) is 5.21 Å². The number of hydrogen-bond donors (Lipinski definition) is 1. The summed E-state index contributed by atoms with van der Waals surface area (Å²) in [6, 6.07) is 0. The van der Waals surface area contributed by atoms with Crippen molar-refractivity contribution in [2.45, 2.75) is 30.3 Å². The van der Waals surface area contributed by atoms with Gasteiger partial charge in [0.05, 0.1) is 11.1 Å². The average Bonchev–Trinajstić information content (AvgIpc) is 2.30. The Morgan fingerprint density at radius 1 is 0.867 bits per heavy atom. The van der Waals surface area contributed by atoms with E-state index in [2.05, 4.69) is 0 Å². The zero-order valence-corrected chi connectivity index (χ0v) is 11.4. The zero-order valence-electron chi connectivity index (χ0n) is 8.36. The largest absolute Gasteiger partial charge is 0.313 e. The Kier molecular flexibility index (Phi) is 5.29. The maximum Gasteiger partial charge on any atom is 0.0737 e. The van der Waals surface area contributed by atoms with Gasteiger partial charge in [-0.25, -0.2) is 0 Å². The molecule has 1 saturated heterocycles. The Morgan fingerprint density at radius 2 is 1.20 bits per heavy atom. The average molecular weight is 295 g/mol. The maximum atomic E-state index is 10.2. The fourth-order valence-electron chi connectivity index (χ4n) is 2.03. The molecule has 0 amide bonds. The third kappa shape index (κ3) is 2.36. The van der Waals surface area contributed by atoms with E-state index in [0.29, 0.717) is 0 Å². The first-order chi connectivity index (χ1) is 7.10. The van der Waals surface area contributed by atoms with E-state index in [-0.39, 0.29) is 23.5 Å². The number of hydroxylamine groups is 2. The molecule has 1 aliphatic rings. The number of nitrogens with zero attached hydrogens (tertiary/aromatic N) is 1. The number of piperidine rings is 1. The number of hydrogen-bond acceptors (Lipinski definition) is 2. The van der Waals surface area contributed by atoms with Crippen LogP contribution >= 0.6 is 46.4 Å². The maximum absolute atomic E-state index is 10.2. The molecule has 1 fully saturated rings. The minimum Gasteiger partial charge on any atom is -0.313 e. The van der Waals surface area contributed by atoms with Gasteiger partial charge in [-0.05, 0) is 19.3 Å². The van der Waals surface area contributed by atoms with E-state index in [1.807, 2.05) is 0 Å². The summed E-state index contributed by atoms with van der Waals surface area (Å²) in [6.07, 6.45) is 2.47. The van der Waals surface area contributed by atoms with Gasteiger partial charge in [-0.3, -0.25) is 0 Å². The van der Waals surface area contributed by atoms with Gasteiger partial charge in [0.1, 0.15) is 0 Å². The lowest BCUT2D eigenvalue weighted by molar-refractivity contribution is -0.236. The van der Waals surface area contributed by atoms with Crippen molar-refractivity contribution in [1.29, 1.82) is 0 Å². The molecule has 2 nitrogen and oxygen atoms in total. The van der Waals surface area contributed by atoms with Crippen LogP contribution in [-0.4, -0.2) is 44.9 Å². The van der Waals surface area contributed by atoms with Crippen molar-refractivity contribution in [2.24, 2.45) is 0 Å².